The van der Waals surface area contributed by atoms with Crippen LogP contribution >= 0.6 is 11.1 Å². The molecule has 0 aromatic rings. The summed E-state index contributed by atoms with van der Waals surface area (Å²) in [6, 6.07) is 0. The van der Waals surface area contributed by atoms with Crippen LogP contribution in [0.1, 0.15) is 60.8 Å². The summed E-state index contributed by atoms with van der Waals surface area (Å²) < 4.78 is 0. The van der Waals surface area contributed by atoms with Gasteiger partial charge in [0.2, 0.25) is 0 Å². The normalized spacial score (nSPS) is 17.7. The largest absolute Gasteiger partial charge is 0.167 e. The minimum absolute atomic E-state index is 0.342. The lowest BCUT2D eigenvalue weighted by Crippen LogP contribution is -2.41. The van der Waals surface area contributed by atoms with Gasteiger partial charge in [0.05, 0.1) is 8.07 Å². The van der Waals surface area contributed by atoms with Gasteiger partial charge in [-0.05, 0) is 34.9 Å². The van der Waals surface area contributed by atoms with E-state index in [2.05, 4.69) is 116 Å². The molecule has 2 aliphatic rings. The SMILES string of the molecule is C1=CCC=CC1.CC(C)(C)[Si](C)(C)C1C=CCC=C1.CC(C)(C)[Si](C)(C)Cl. The standard InChI is InChI=1S/C12H22Si.C6H15ClSi.C6H8/c1-12(2,3)13(4,5)11-9-7-6-8-10-11;1-6(2,3)8(4,5)7;1-2-4-6-5-3-1/h7-11H,6H2,1-5H3;1-5H3;1-2,5-6H,3-4H2. The molecule has 0 radical (unpaired) electrons. The van der Waals surface area contributed by atoms with E-state index in [1.165, 1.54) is 0 Å². The van der Waals surface area contributed by atoms with Gasteiger partial charge in [0.15, 0.2) is 7.38 Å². The van der Waals surface area contributed by atoms with Gasteiger partial charge in [-0.2, -0.15) is 11.1 Å². The molecule has 0 amide bonds. The van der Waals surface area contributed by atoms with Crippen LogP contribution in [-0.4, -0.2) is 15.5 Å². The molecule has 0 saturated heterocycles. The van der Waals surface area contributed by atoms with E-state index in [1.54, 1.807) is 0 Å². The zero-order valence-corrected chi connectivity index (χ0v) is 22.5. The van der Waals surface area contributed by atoms with Crippen molar-refractivity contribution < 1.29 is 0 Å². The number of hydrogen-bond acceptors (Lipinski definition) is 0. The van der Waals surface area contributed by atoms with Gasteiger partial charge < -0.3 is 0 Å². The van der Waals surface area contributed by atoms with Crippen molar-refractivity contribution in [1.29, 1.82) is 0 Å². The lowest BCUT2D eigenvalue weighted by atomic mass is 10.2. The summed E-state index contributed by atoms with van der Waals surface area (Å²) in [6.45, 7) is 23.1. The second kappa shape index (κ2) is 11.0. The van der Waals surface area contributed by atoms with Crippen molar-refractivity contribution in [2.75, 3.05) is 0 Å². The maximum Gasteiger partial charge on any atom is 0.155 e. The van der Waals surface area contributed by atoms with Gasteiger partial charge in [-0.3, -0.25) is 0 Å². The molecule has 0 N–H and O–H groups in total. The molecule has 0 saturated carbocycles. The predicted molar refractivity (Wildman–Crippen MR) is 134 cm³/mol. The monoisotopic (exact) mass is 424 g/mol. The third-order valence-electron chi connectivity index (χ3n) is 6.39. The van der Waals surface area contributed by atoms with Crippen LogP contribution in [0.4, 0.5) is 0 Å². The highest BCUT2D eigenvalue weighted by Gasteiger charge is 2.39. The molecule has 2 rings (SSSR count). The topological polar surface area (TPSA) is 0 Å². The van der Waals surface area contributed by atoms with Crippen LogP contribution < -0.4 is 0 Å². The van der Waals surface area contributed by atoms with Crippen molar-refractivity contribution in [3.05, 3.63) is 48.6 Å². The van der Waals surface area contributed by atoms with E-state index in [9.17, 15) is 0 Å². The Hall–Kier alpha value is -0.316. The Morgan fingerprint density at radius 2 is 0.926 bits per heavy atom. The van der Waals surface area contributed by atoms with Gasteiger partial charge in [-0.15, -0.1) is 0 Å². The number of hydrogen-bond donors (Lipinski definition) is 0. The molecule has 0 aromatic heterocycles. The summed E-state index contributed by atoms with van der Waals surface area (Å²) in [5.41, 5.74) is 0.737. The van der Waals surface area contributed by atoms with E-state index >= 15 is 0 Å². The summed E-state index contributed by atoms with van der Waals surface area (Å²) in [5.74, 6) is 0. The molecule has 0 nitrogen and oxygen atoms in total. The van der Waals surface area contributed by atoms with Crippen LogP contribution in [0, 0.1) is 0 Å². The van der Waals surface area contributed by atoms with Crippen molar-refractivity contribution in [3.63, 3.8) is 0 Å². The molecule has 0 atom stereocenters. The van der Waals surface area contributed by atoms with Crippen LogP contribution in [-0.2, 0) is 0 Å². The van der Waals surface area contributed by atoms with Crippen molar-refractivity contribution in [2.45, 2.75) is 103 Å². The van der Waals surface area contributed by atoms with Gasteiger partial charge in [-0.1, -0.05) is 116 Å². The molecule has 0 bridgehead atoms. The highest BCUT2D eigenvalue weighted by Crippen LogP contribution is 2.45. The summed E-state index contributed by atoms with van der Waals surface area (Å²) in [5, 5.41) is 0.832. The molecule has 0 aromatic carbocycles. The molecule has 2 aliphatic carbocycles. The Balaban J connectivity index is 0.000000412. The lowest BCUT2D eigenvalue weighted by molar-refractivity contribution is 0.710. The molecule has 27 heavy (non-hydrogen) atoms. The Morgan fingerprint density at radius 1 is 0.630 bits per heavy atom. The third-order valence-corrected chi connectivity index (χ3v) is 17.6. The fourth-order valence-electron chi connectivity index (χ4n) is 2.12. The number of rotatable bonds is 1. The smallest absolute Gasteiger partial charge is 0.155 e. The molecular formula is C24H45ClSi2. The van der Waals surface area contributed by atoms with E-state index in [0.717, 1.165) is 24.8 Å². The zero-order chi connectivity index (χ0) is 21.4. The first-order chi connectivity index (χ1) is 12.1. The quantitative estimate of drug-likeness (QED) is 0.223. The second-order valence-electron chi connectivity index (χ2n) is 10.7. The van der Waals surface area contributed by atoms with Gasteiger partial charge in [0.25, 0.3) is 0 Å². The lowest BCUT2D eigenvalue weighted by Gasteiger charge is -2.41. The van der Waals surface area contributed by atoms with Crippen LogP contribution in [0.25, 0.3) is 0 Å². The van der Waals surface area contributed by atoms with E-state index in [-0.39, 0.29) is 0 Å². The first-order valence-corrected chi connectivity index (χ1v) is 17.5. The third kappa shape index (κ3) is 10.1. The minimum Gasteiger partial charge on any atom is -0.167 e. The van der Waals surface area contributed by atoms with Crippen molar-refractivity contribution in [1.82, 2.24) is 0 Å². The summed E-state index contributed by atoms with van der Waals surface area (Å²) >= 11 is 6.15. The molecule has 0 spiro atoms. The van der Waals surface area contributed by atoms with Gasteiger partial charge in [0, 0.05) is 0 Å². The zero-order valence-electron chi connectivity index (χ0n) is 19.7. The molecule has 0 fully saturated rings. The molecule has 156 valence electrons. The van der Waals surface area contributed by atoms with Crippen molar-refractivity contribution in [3.8, 4) is 0 Å². The van der Waals surface area contributed by atoms with Crippen LogP contribution in [0.5, 0.6) is 0 Å². The fraction of sp³-hybridized carbons (Fsp3) is 0.667. The molecule has 0 aliphatic heterocycles. The Morgan fingerprint density at radius 3 is 1.15 bits per heavy atom. The van der Waals surface area contributed by atoms with E-state index in [1.807, 2.05) is 0 Å². The number of allylic oxidation sites excluding steroid dienone is 8. The average molecular weight is 425 g/mol. The molecule has 0 unspecified atom stereocenters. The van der Waals surface area contributed by atoms with Crippen LogP contribution in [0.2, 0.25) is 41.8 Å². The van der Waals surface area contributed by atoms with E-state index in [4.69, 9.17) is 11.1 Å². The minimum atomic E-state index is -1.39. The highest BCUT2D eigenvalue weighted by atomic mass is 35.6. The highest BCUT2D eigenvalue weighted by molar-refractivity contribution is 7.20. The summed E-state index contributed by atoms with van der Waals surface area (Å²) in [4.78, 5) is 0. The van der Waals surface area contributed by atoms with Gasteiger partial charge in [0.1, 0.15) is 0 Å². The van der Waals surface area contributed by atoms with E-state index < -0.39 is 15.5 Å². The summed E-state index contributed by atoms with van der Waals surface area (Å²) in [7, 11) is -2.56. The molecular weight excluding hydrogens is 380 g/mol. The van der Waals surface area contributed by atoms with Crippen molar-refractivity contribution >= 4 is 26.5 Å². The second-order valence-corrected chi connectivity index (χ2v) is 23.6. The average Bonchev–Trinajstić information content (AvgIpc) is 2.55. The number of halogens is 1. The van der Waals surface area contributed by atoms with Crippen LogP contribution in [0.15, 0.2) is 48.6 Å². The predicted octanol–water partition coefficient (Wildman–Crippen LogP) is 9.50. The Bertz CT molecular complexity index is 488. The van der Waals surface area contributed by atoms with E-state index in [0.29, 0.717) is 10.1 Å². The Labute approximate surface area is 177 Å². The first-order valence-electron chi connectivity index (χ1n) is 10.4. The van der Waals surface area contributed by atoms with Gasteiger partial charge in [-0.25, -0.2) is 0 Å². The Kier molecular flexibility index (Phi) is 10.9. The van der Waals surface area contributed by atoms with Gasteiger partial charge >= 0.3 is 0 Å². The first kappa shape index (κ1) is 26.7. The molecule has 0 heterocycles. The van der Waals surface area contributed by atoms with Crippen LogP contribution in [0.3, 0.4) is 0 Å². The molecule has 3 heteroatoms. The summed E-state index contributed by atoms with van der Waals surface area (Å²) in [6.07, 6.45) is 21.6. The maximum absolute atomic E-state index is 6.15. The fourth-order valence-corrected chi connectivity index (χ4v) is 4.35. The van der Waals surface area contributed by atoms with Crippen molar-refractivity contribution in [2.24, 2.45) is 0 Å². The maximum atomic E-state index is 6.15.